The molecule has 106 valence electrons. The van der Waals surface area contributed by atoms with Crippen molar-refractivity contribution in [2.45, 2.75) is 19.4 Å². The van der Waals surface area contributed by atoms with Gasteiger partial charge in [-0.1, -0.05) is 28.1 Å². The molecule has 0 unspecified atom stereocenters. The predicted octanol–water partition coefficient (Wildman–Crippen LogP) is 3.54. The van der Waals surface area contributed by atoms with Crippen molar-refractivity contribution in [2.24, 2.45) is 5.73 Å². The van der Waals surface area contributed by atoms with E-state index in [0.717, 1.165) is 28.7 Å². The molecule has 0 aliphatic heterocycles. The maximum atomic E-state index is 5.92. The summed E-state index contributed by atoms with van der Waals surface area (Å²) >= 11 is 3.59. The Hall–Kier alpha value is -1.39. The van der Waals surface area contributed by atoms with Crippen molar-refractivity contribution in [3.8, 4) is 0 Å². The molecular formula is C16H20BrN3. The van der Waals surface area contributed by atoms with Crippen molar-refractivity contribution in [3.05, 3.63) is 58.3 Å². The molecule has 2 aromatic rings. The van der Waals surface area contributed by atoms with Crippen LogP contribution in [0.15, 0.2) is 47.1 Å². The zero-order chi connectivity index (χ0) is 14.5. The van der Waals surface area contributed by atoms with Gasteiger partial charge in [0.05, 0.1) is 0 Å². The number of hydrogen-bond donors (Lipinski definition) is 1. The van der Waals surface area contributed by atoms with Gasteiger partial charge in [0.15, 0.2) is 0 Å². The first-order chi connectivity index (χ1) is 9.58. The molecule has 1 atom stereocenters. The van der Waals surface area contributed by atoms with Crippen LogP contribution in [0.1, 0.15) is 24.2 Å². The van der Waals surface area contributed by atoms with E-state index in [0.29, 0.717) is 0 Å². The van der Waals surface area contributed by atoms with E-state index in [2.05, 4.69) is 57.1 Å². The van der Waals surface area contributed by atoms with Gasteiger partial charge in [0.1, 0.15) is 0 Å². The first kappa shape index (κ1) is 15.0. The average molecular weight is 334 g/mol. The molecular weight excluding hydrogens is 314 g/mol. The molecule has 2 N–H and O–H groups in total. The predicted molar refractivity (Wildman–Crippen MR) is 88.0 cm³/mol. The third kappa shape index (κ3) is 3.81. The van der Waals surface area contributed by atoms with E-state index in [1.165, 1.54) is 5.69 Å². The van der Waals surface area contributed by atoms with Crippen LogP contribution in [0.2, 0.25) is 0 Å². The lowest BCUT2D eigenvalue weighted by atomic mass is 10.1. The Bertz CT molecular complexity index is 555. The molecule has 2 rings (SSSR count). The summed E-state index contributed by atoms with van der Waals surface area (Å²) in [6.07, 6.45) is 2.77. The van der Waals surface area contributed by atoms with E-state index in [-0.39, 0.29) is 6.04 Å². The summed E-state index contributed by atoms with van der Waals surface area (Å²) in [4.78, 5) is 6.57. The lowest BCUT2D eigenvalue weighted by Crippen LogP contribution is -2.20. The fourth-order valence-corrected chi connectivity index (χ4v) is 2.81. The Morgan fingerprint density at radius 1 is 1.30 bits per heavy atom. The zero-order valence-corrected chi connectivity index (χ0v) is 13.5. The molecule has 1 aromatic carbocycles. The number of nitrogens with two attached hydrogens (primary N) is 1. The van der Waals surface area contributed by atoms with Gasteiger partial charge in [-0.05, 0) is 36.8 Å². The van der Waals surface area contributed by atoms with Crippen LogP contribution in [-0.4, -0.2) is 18.6 Å². The van der Waals surface area contributed by atoms with Crippen LogP contribution < -0.4 is 10.6 Å². The van der Waals surface area contributed by atoms with Gasteiger partial charge in [-0.2, -0.15) is 0 Å². The van der Waals surface area contributed by atoms with Crippen LogP contribution in [0.3, 0.4) is 0 Å². The van der Waals surface area contributed by atoms with Crippen molar-refractivity contribution in [3.63, 3.8) is 0 Å². The Labute approximate surface area is 129 Å². The summed E-state index contributed by atoms with van der Waals surface area (Å²) in [6, 6.07) is 12.4. The molecule has 0 fully saturated rings. The fraction of sp³-hybridized carbons (Fsp3) is 0.312. The average Bonchev–Trinajstić information content (AvgIpc) is 2.45. The van der Waals surface area contributed by atoms with E-state index in [1.807, 2.05) is 25.3 Å². The molecule has 3 nitrogen and oxygen atoms in total. The minimum absolute atomic E-state index is 0.0391. The standard InChI is InChI=1S/C16H20BrN3/c1-12(18)15-7-6-14(11-16(15)17)20(2)10-8-13-5-3-4-9-19-13/h3-7,9,11-12H,8,10,18H2,1-2H3/t12-/m1/s1. The number of pyridine rings is 1. The number of halogens is 1. The molecule has 20 heavy (non-hydrogen) atoms. The van der Waals surface area contributed by atoms with Gasteiger partial charge in [0.2, 0.25) is 0 Å². The first-order valence-electron chi connectivity index (χ1n) is 6.74. The molecule has 0 spiro atoms. The topological polar surface area (TPSA) is 42.1 Å². The van der Waals surface area contributed by atoms with Crippen molar-refractivity contribution in [1.29, 1.82) is 0 Å². The van der Waals surface area contributed by atoms with Gasteiger partial charge in [-0.3, -0.25) is 4.98 Å². The Morgan fingerprint density at radius 2 is 2.10 bits per heavy atom. The van der Waals surface area contributed by atoms with Crippen LogP contribution in [0.4, 0.5) is 5.69 Å². The lowest BCUT2D eigenvalue weighted by Gasteiger charge is -2.20. The zero-order valence-electron chi connectivity index (χ0n) is 11.9. The number of likely N-dealkylation sites (N-methyl/N-ethyl adjacent to an activating group) is 1. The Morgan fingerprint density at radius 3 is 2.70 bits per heavy atom. The highest BCUT2D eigenvalue weighted by molar-refractivity contribution is 9.10. The smallest absolute Gasteiger partial charge is 0.0421 e. The summed E-state index contributed by atoms with van der Waals surface area (Å²) in [6.45, 7) is 2.92. The van der Waals surface area contributed by atoms with E-state index in [4.69, 9.17) is 5.73 Å². The van der Waals surface area contributed by atoms with Crippen LogP contribution in [0.5, 0.6) is 0 Å². The van der Waals surface area contributed by atoms with Crippen LogP contribution in [0, 0.1) is 0 Å². The number of rotatable bonds is 5. The maximum Gasteiger partial charge on any atom is 0.0421 e. The second-order valence-corrected chi connectivity index (χ2v) is 5.84. The van der Waals surface area contributed by atoms with Gasteiger partial charge in [0.25, 0.3) is 0 Å². The maximum absolute atomic E-state index is 5.92. The Kier molecular flexibility index (Phi) is 5.15. The van der Waals surface area contributed by atoms with Gasteiger partial charge < -0.3 is 10.6 Å². The third-order valence-corrected chi connectivity index (χ3v) is 4.03. The van der Waals surface area contributed by atoms with E-state index in [9.17, 15) is 0 Å². The number of benzene rings is 1. The van der Waals surface area contributed by atoms with E-state index in [1.54, 1.807) is 0 Å². The normalized spacial score (nSPS) is 12.2. The highest BCUT2D eigenvalue weighted by atomic mass is 79.9. The summed E-state index contributed by atoms with van der Waals surface area (Å²) in [5, 5.41) is 0. The van der Waals surface area contributed by atoms with Gasteiger partial charge >= 0.3 is 0 Å². The Balaban J connectivity index is 2.02. The molecule has 1 aromatic heterocycles. The minimum Gasteiger partial charge on any atom is -0.374 e. The molecule has 0 saturated carbocycles. The molecule has 0 radical (unpaired) electrons. The fourth-order valence-electron chi connectivity index (χ4n) is 2.08. The molecule has 0 aliphatic rings. The summed E-state index contributed by atoms with van der Waals surface area (Å²) in [7, 11) is 2.09. The molecule has 0 aliphatic carbocycles. The van der Waals surface area contributed by atoms with Crippen molar-refractivity contribution in [2.75, 3.05) is 18.5 Å². The molecule has 4 heteroatoms. The first-order valence-corrected chi connectivity index (χ1v) is 7.53. The number of hydrogen-bond acceptors (Lipinski definition) is 3. The molecule has 0 amide bonds. The summed E-state index contributed by atoms with van der Waals surface area (Å²) < 4.78 is 1.06. The van der Waals surface area contributed by atoms with Crippen LogP contribution >= 0.6 is 15.9 Å². The minimum atomic E-state index is 0.0391. The van der Waals surface area contributed by atoms with Crippen molar-refractivity contribution >= 4 is 21.6 Å². The lowest BCUT2D eigenvalue weighted by molar-refractivity contribution is 0.810. The van der Waals surface area contributed by atoms with Crippen molar-refractivity contribution < 1.29 is 0 Å². The van der Waals surface area contributed by atoms with E-state index >= 15 is 0 Å². The number of aromatic nitrogens is 1. The summed E-state index contributed by atoms with van der Waals surface area (Å²) in [5.41, 5.74) is 9.35. The molecule has 0 bridgehead atoms. The SMILES string of the molecule is C[C@@H](N)c1ccc(N(C)CCc2ccccn2)cc1Br. The summed E-state index contributed by atoms with van der Waals surface area (Å²) in [5.74, 6) is 0. The van der Waals surface area contributed by atoms with Gasteiger partial charge in [-0.15, -0.1) is 0 Å². The second kappa shape index (κ2) is 6.86. The van der Waals surface area contributed by atoms with Gasteiger partial charge in [-0.25, -0.2) is 0 Å². The molecule has 1 heterocycles. The monoisotopic (exact) mass is 333 g/mol. The molecule has 0 saturated heterocycles. The highest BCUT2D eigenvalue weighted by Crippen LogP contribution is 2.27. The van der Waals surface area contributed by atoms with Crippen LogP contribution in [0.25, 0.3) is 0 Å². The third-order valence-electron chi connectivity index (χ3n) is 3.34. The van der Waals surface area contributed by atoms with Crippen molar-refractivity contribution in [1.82, 2.24) is 4.98 Å². The van der Waals surface area contributed by atoms with Gasteiger partial charge in [0, 0.05) is 48.1 Å². The quantitative estimate of drug-likeness (QED) is 0.909. The van der Waals surface area contributed by atoms with Crippen LogP contribution in [-0.2, 0) is 6.42 Å². The second-order valence-electron chi connectivity index (χ2n) is 4.99. The largest absolute Gasteiger partial charge is 0.374 e. The number of nitrogens with zero attached hydrogens (tertiary/aromatic N) is 2. The number of anilines is 1. The highest BCUT2D eigenvalue weighted by Gasteiger charge is 2.08. The van der Waals surface area contributed by atoms with E-state index < -0.39 is 0 Å².